The zero-order valence-electron chi connectivity index (χ0n) is 14.9. The van der Waals surface area contributed by atoms with Gasteiger partial charge in [-0.15, -0.1) is 0 Å². The Bertz CT molecular complexity index is 825. The number of sulfonamides is 1. The summed E-state index contributed by atoms with van der Waals surface area (Å²) in [4.78, 5) is 27.0. The number of piperidine rings is 1. The minimum Gasteiger partial charge on any atom is -0.347 e. The first-order valence-corrected chi connectivity index (χ1v) is 10.6. The van der Waals surface area contributed by atoms with Gasteiger partial charge in [-0.25, -0.2) is 12.7 Å². The Morgan fingerprint density at radius 2 is 1.70 bits per heavy atom. The van der Waals surface area contributed by atoms with Gasteiger partial charge in [-0.1, -0.05) is 18.2 Å². The zero-order valence-corrected chi connectivity index (χ0v) is 15.7. The topological polar surface area (TPSA) is 93.2 Å². The molecule has 1 aromatic carbocycles. The van der Waals surface area contributed by atoms with Crippen molar-refractivity contribution in [3.05, 3.63) is 30.3 Å². The first-order valence-electron chi connectivity index (χ1n) is 9.12. The van der Waals surface area contributed by atoms with Gasteiger partial charge in [0.15, 0.2) is 5.79 Å². The van der Waals surface area contributed by atoms with Crippen molar-refractivity contribution in [1.29, 1.82) is 0 Å². The maximum Gasteiger partial charge on any atom is 0.267 e. The largest absolute Gasteiger partial charge is 0.347 e. The normalized spacial score (nSPS) is 25.3. The average Bonchev–Trinajstić information content (AvgIpc) is 3.30. The van der Waals surface area contributed by atoms with Crippen LogP contribution in [0.3, 0.4) is 0 Å². The van der Waals surface area contributed by atoms with Crippen LogP contribution in [0.15, 0.2) is 35.2 Å². The van der Waals surface area contributed by atoms with Gasteiger partial charge in [-0.2, -0.15) is 0 Å². The highest BCUT2D eigenvalue weighted by Gasteiger charge is 2.47. The summed E-state index contributed by atoms with van der Waals surface area (Å²) in [6.45, 7) is 1.94. The summed E-state index contributed by atoms with van der Waals surface area (Å²) < 4.78 is 38.0. The molecule has 2 amide bonds. The van der Waals surface area contributed by atoms with Crippen molar-refractivity contribution in [2.45, 2.75) is 42.4 Å². The molecule has 9 heteroatoms. The molecule has 1 spiro atoms. The smallest absolute Gasteiger partial charge is 0.267 e. The lowest BCUT2D eigenvalue weighted by molar-refractivity contribution is -0.188. The van der Waals surface area contributed by atoms with Gasteiger partial charge in [0.2, 0.25) is 11.8 Å². The number of rotatable bonds is 3. The van der Waals surface area contributed by atoms with Gasteiger partial charge < -0.3 is 14.4 Å². The third-order valence-electron chi connectivity index (χ3n) is 5.40. The number of carbonyl (C=O) groups excluding carboxylic acids is 2. The molecule has 4 rings (SSSR count). The van der Waals surface area contributed by atoms with Crippen LogP contribution in [0.4, 0.5) is 0 Å². The highest BCUT2D eigenvalue weighted by atomic mass is 32.2. The molecule has 146 valence electrons. The van der Waals surface area contributed by atoms with Gasteiger partial charge in [-0.3, -0.25) is 9.59 Å². The number of benzene rings is 1. The Morgan fingerprint density at radius 1 is 1.07 bits per heavy atom. The summed E-state index contributed by atoms with van der Waals surface area (Å²) in [5, 5.41) is 0. The van der Waals surface area contributed by atoms with Gasteiger partial charge in [0.25, 0.3) is 10.0 Å². The van der Waals surface area contributed by atoms with Crippen LogP contribution in [0.5, 0.6) is 0 Å². The van der Waals surface area contributed by atoms with Crippen LogP contribution in [0.1, 0.15) is 25.7 Å². The molecule has 0 aromatic heterocycles. The van der Waals surface area contributed by atoms with E-state index in [1.165, 1.54) is 12.1 Å². The molecular weight excluding hydrogens is 372 g/mol. The van der Waals surface area contributed by atoms with Crippen LogP contribution in [-0.2, 0) is 29.1 Å². The third-order valence-corrected chi connectivity index (χ3v) is 7.24. The molecule has 3 heterocycles. The molecule has 27 heavy (non-hydrogen) atoms. The summed E-state index contributed by atoms with van der Waals surface area (Å²) in [5.74, 6) is -1.47. The molecule has 1 aromatic rings. The highest BCUT2D eigenvalue weighted by Crippen LogP contribution is 2.33. The fourth-order valence-electron chi connectivity index (χ4n) is 3.96. The molecule has 0 unspecified atom stereocenters. The predicted molar refractivity (Wildman–Crippen MR) is 93.9 cm³/mol. The lowest BCUT2D eigenvalue weighted by Gasteiger charge is -2.39. The van der Waals surface area contributed by atoms with Crippen LogP contribution in [-0.4, -0.2) is 67.6 Å². The zero-order chi connectivity index (χ0) is 19.1. The lowest BCUT2D eigenvalue weighted by Crippen LogP contribution is -2.53. The monoisotopic (exact) mass is 394 g/mol. The van der Waals surface area contributed by atoms with Crippen LogP contribution >= 0.6 is 0 Å². The first kappa shape index (κ1) is 18.4. The summed E-state index contributed by atoms with van der Waals surface area (Å²) in [5.41, 5.74) is 0. The summed E-state index contributed by atoms with van der Waals surface area (Å²) in [7, 11) is -4.06. The Hall–Kier alpha value is -1.97. The maximum absolute atomic E-state index is 13.0. The molecule has 0 radical (unpaired) electrons. The van der Waals surface area contributed by atoms with E-state index in [0.29, 0.717) is 39.1 Å². The summed E-state index contributed by atoms with van der Waals surface area (Å²) >= 11 is 0. The number of hydrogen-bond donors (Lipinski definition) is 0. The van der Waals surface area contributed by atoms with E-state index in [0.717, 1.165) is 4.31 Å². The number of likely N-dealkylation sites (tertiary alicyclic amines) is 1. The lowest BCUT2D eigenvalue weighted by atomic mass is 10.0. The van der Waals surface area contributed by atoms with Crippen molar-refractivity contribution in [2.75, 3.05) is 26.3 Å². The van der Waals surface area contributed by atoms with Crippen molar-refractivity contribution < 1.29 is 27.5 Å². The minimum atomic E-state index is -4.06. The van der Waals surface area contributed by atoms with E-state index in [1.807, 2.05) is 0 Å². The second-order valence-corrected chi connectivity index (χ2v) is 8.81. The fourth-order valence-corrected chi connectivity index (χ4v) is 5.58. The van der Waals surface area contributed by atoms with Gasteiger partial charge in [0, 0.05) is 32.4 Å². The Kier molecular flexibility index (Phi) is 4.69. The van der Waals surface area contributed by atoms with E-state index in [1.54, 1.807) is 23.1 Å². The van der Waals surface area contributed by atoms with E-state index >= 15 is 0 Å². The van der Waals surface area contributed by atoms with E-state index < -0.39 is 27.8 Å². The van der Waals surface area contributed by atoms with Crippen molar-refractivity contribution >= 4 is 21.8 Å². The fraction of sp³-hybridized carbons (Fsp3) is 0.556. The van der Waals surface area contributed by atoms with Crippen LogP contribution < -0.4 is 0 Å². The van der Waals surface area contributed by atoms with Crippen LogP contribution in [0, 0.1) is 0 Å². The van der Waals surface area contributed by atoms with E-state index in [9.17, 15) is 18.0 Å². The summed E-state index contributed by atoms with van der Waals surface area (Å²) in [6, 6.07) is 6.77. The van der Waals surface area contributed by atoms with Gasteiger partial charge >= 0.3 is 0 Å². The quantitative estimate of drug-likeness (QED) is 0.750. The van der Waals surface area contributed by atoms with Gasteiger partial charge in [-0.05, 0) is 18.6 Å². The molecule has 0 N–H and O–H groups in total. The molecule has 3 saturated heterocycles. The van der Waals surface area contributed by atoms with Crippen molar-refractivity contribution in [3.63, 3.8) is 0 Å². The highest BCUT2D eigenvalue weighted by molar-refractivity contribution is 7.89. The van der Waals surface area contributed by atoms with Crippen molar-refractivity contribution in [3.8, 4) is 0 Å². The minimum absolute atomic E-state index is 0.0170. The third kappa shape index (κ3) is 3.24. The number of amides is 2. The van der Waals surface area contributed by atoms with E-state index in [4.69, 9.17) is 9.47 Å². The summed E-state index contributed by atoms with van der Waals surface area (Å²) in [6.07, 6.45) is 1.35. The molecule has 3 aliphatic heterocycles. The Labute approximate surface area is 158 Å². The number of carbonyl (C=O) groups is 2. The second-order valence-electron chi connectivity index (χ2n) is 7.00. The molecule has 0 aliphatic carbocycles. The first-order chi connectivity index (χ1) is 12.9. The molecule has 1 atom stereocenters. The SMILES string of the molecule is O=C([C@@H]1CCC(=O)N1S(=O)(=O)c1ccccc1)N1CCC2(CC1)OCCO2. The van der Waals surface area contributed by atoms with Crippen LogP contribution in [0.25, 0.3) is 0 Å². The maximum atomic E-state index is 13.0. The number of ether oxygens (including phenoxy) is 2. The molecule has 3 fully saturated rings. The average molecular weight is 394 g/mol. The standard InChI is InChI=1S/C18H22N2O6S/c21-16-7-6-15(20(16)27(23,24)14-4-2-1-3-5-14)17(22)19-10-8-18(9-11-19)25-12-13-26-18/h1-5,15H,6-13H2/t15-/m0/s1. The molecule has 0 saturated carbocycles. The predicted octanol–water partition coefficient (Wildman–Crippen LogP) is 0.732. The van der Waals surface area contributed by atoms with E-state index in [2.05, 4.69) is 0 Å². The Morgan fingerprint density at radius 3 is 2.33 bits per heavy atom. The van der Waals surface area contributed by atoms with Crippen LogP contribution in [0.2, 0.25) is 0 Å². The molecule has 8 nitrogen and oxygen atoms in total. The van der Waals surface area contributed by atoms with Crippen molar-refractivity contribution in [1.82, 2.24) is 9.21 Å². The number of nitrogens with zero attached hydrogens (tertiary/aromatic N) is 2. The molecule has 3 aliphatic rings. The second kappa shape index (κ2) is 6.88. The van der Waals surface area contributed by atoms with Gasteiger partial charge in [0.05, 0.1) is 18.1 Å². The van der Waals surface area contributed by atoms with Crippen molar-refractivity contribution in [2.24, 2.45) is 0 Å². The Balaban J connectivity index is 1.52. The van der Waals surface area contributed by atoms with Gasteiger partial charge in [0.1, 0.15) is 6.04 Å². The molecular formula is C18H22N2O6S. The molecule has 0 bridgehead atoms. The number of hydrogen-bond acceptors (Lipinski definition) is 6. The van der Waals surface area contributed by atoms with E-state index in [-0.39, 0.29) is 23.6 Å².